The van der Waals surface area contributed by atoms with Gasteiger partial charge in [0.25, 0.3) is 0 Å². The van der Waals surface area contributed by atoms with Crippen LogP contribution in [0.2, 0.25) is 0 Å². The predicted octanol–water partition coefficient (Wildman–Crippen LogP) is 1.47. The van der Waals surface area contributed by atoms with Crippen molar-refractivity contribution in [3.05, 3.63) is 29.1 Å². The predicted molar refractivity (Wildman–Crippen MR) is 75.8 cm³/mol. The number of rotatable bonds is 4. The van der Waals surface area contributed by atoms with Gasteiger partial charge in [-0.15, -0.1) is 0 Å². The van der Waals surface area contributed by atoms with Crippen LogP contribution in [0, 0.1) is 12.7 Å². The van der Waals surface area contributed by atoms with Gasteiger partial charge in [-0.05, 0) is 44.4 Å². The summed E-state index contributed by atoms with van der Waals surface area (Å²) < 4.78 is 46.5. The van der Waals surface area contributed by atoms with E-state index in [1.807, 2.05) is 6.92 Å². The number of ether oxygens (including phenoxy) is 1. The van der Waals surface area contributed by atoms with Gasteiger partial charge in [-0.2, -0.15) is 0 Å². The molecule has 0 spiro atoms. The van der Waals surface area contributed by atoms with Gasteiger partial charge in [0.1, 0.15) is 5.82 Å². The molecule has 0 amide bonds. The number of aryl methyl sites for hydroxylation is 1. The fourth-order valence-electron chi connectivity index (χ4n) is 2.47. The average molecular weight is 317 g/mol. The second-order valence-corrected chi connectivity index (χ2v) is 7.11. The highest BCUT2D eigenvalue weighted by Crippen LogP contribution is 2.21. The first-order valence-corrected chi connectivity index (χ1v) is 8.35. The molecule has 1 aliphatic heterocycles. The Balaban J connectivity index is 2.25. The van der Waals surface area contributed by atoms with E-state index in [-0.39, 0.29) is 28.2 Å². The van der Waals surface area contributed by atoms with E-state index in [1.165, 1.54) is 19.1 Å². The van der Waals surface area contributed by atoms with E-state index in [0.717, 1.165) is 0 Å². The van der Waals surface area contributed by atoms with Crippen LogP contribution < -0.4 is 4.72 Å². The minimum absolute atomic E-state index is 0.00871. The van der Waals surface area contributed by atoms with Crippen molar-refractivity contribution in [2.75, 3.05) is 6.61 Å². The van der Waals surface area contributed by atoms with Gasteiger partial charge in [-0.3, -0.25) is 0 Å². The Bertz CT molecular complexity index is 618. The van der Waals surface area contributed by atoms with Gasteiger partial charge >= 0.3 is 0 Å². The Morgan fingerprint density at radius 1 is 1.48 bits per heavy atom. The van der Waals surface area contributed by atoms with Crippen molar-refractivity contribution in [1.82, 2.24) is 4.72 Å². The summed E-state index contributed by atoms with van der Waals surface area (Å²) in [6, 6.07) is 2.26. The largest absolute Gasteiger partial charge is 0.392 e. The molecule has 0 radical (unpaired) electrons. The van der Waals surface area contributed by atoms with Crippen molar-refractivity contribution < 1.29 is 22.7 Å². The third kappa shape index (κ3) is 3.79. The van der Waals surface area contributed by atoms with E-state index < -0.39 is 22.4 Å². The molecule has 2 atom stereocenters. The average Bonchev–Trinajstić information content (AvgIpc) is 2.41. The summed E-state index contributed by atoms with van der Waals surface area (Å²) in [5, 5.41) is 9.12. The SMILES string of the molecule is Cc1cc(S(=O)(=O)NC2CCOC(C)C2)cc(CO)c1F. The van der Waals surface area contributed by atoms with Gasteiger partial charge in [-0.25, -0.2) is 17.5 Å². The standard InChI is InChI=1S/C14H20FNO4S/c1-9-5-13(7-11(8-17)14(9)15)21(18,19)16-12-3-4-20-10(2)6-12/h5,7,10,12,16-17H,3-4,6,8H2,1-2H3. The van der Waals surface area contributed by atoms with E-state index in [1.54, 1.807) is 0 Å². The Morgan fingerprint density at radius 2 is 2.19 bits per heavy atom. The summed E-state index contributed by atoms with van der Waals surface area (Å²) >= 11 is 0. The Morgan fingerprint density at radius 3 is 2.81 bits per heavy atom. The first kappa shape index (κ1) is 16.4. The molecule has 1 aromatic rings. The maximum Gasteiger partial charge on any atom is 0.240 e. The Kier molecular flexibility index (Phi) is 4.98. The van der Waals surface area contributed by atoms with Crippen LogP contribution in [0.25, 0.3) is 0 Å². The Labute approximate surface area is 124 Å². The second-order valence-electron chi connectivity index (χ2n) is 5.40. The number of sulfonamides is 1. The van der Waals surface area contributed by atoms with Crippen LogP contribution in [0.5, 0.6) is 0 Å². The van der Waals surface area contributed by atoms with Crippen molar-refractivity contribution in [3.63, 3.8) is 0 Å². The number of benzene rings is 1. The lowest BCUT2D eigenvalue weighted by atomic mass is 10.1. The van der Waals surface area contributed by atoms with E-state index >= 15 is 0 Å². The van der Waals surface area contributed by atoms with E-state index in [2.05, 4.69) is 4.72 Å². The van der Waals surface area contributed by atoms with Crippen molar-refractivity contribution in [1.29, 1.82) is 0 Å². The van der Waals surface area contributed by atoms with Crippen LogP contribution in [0.4, 0.5) is 4.39 Å². The van der Waals surface area contributed by atoms with Crippen LogP contribution >= 0.6 is 0 Å². The molecule has 2 N–H and O–H groups in total. The van der Waals surface area contributed by atoms with Gasteiger partial charge in [-0.1, -0.05) is 0 Å². The summed E-state index contributed by atoms with van der Waals surface area (Å²) in [5.74, 6) is -0.573. The topological polar surface area (TPSA) is 75.6 Å². The molecule has 0 aliphatic carbocycles. The summed E-state index contributed by atoms with van der Waals surface area (Å²) in [7, 11) is -3.74. The molecule has 2 rings (SSSR count). The highest BCUT2D eigenvalue weighted by atomic mass is 32.2. The third-order valence-electron chi connectivity index (χ3n) is 3.59. The van der Waals surface area contributed by atoms with Crippen molar-refractivity contribution in [3.8, 4) is 0 Å². The molecule has 118 valence electrons. The highest BCUT2D eigenvalue weighted by Gasteiger charge is 2.26. The first-order valence-electron chi connectivity index (χ1n) is 6.87. The molecular formula is C14H20FNO4S. The van der Waals surface area contributed by atoms with Crippen LogP contribution in [-0.2, 0) is 21.4 Å². The minimum Gasteiger partial charge on any atom is -0.392 e. The maximum absolute atomic E-state index is 13.7. The molecule has 1 saturated heterocycles. The van der Waals surface area contributed by atoms with Crippen molar-refractivity contribution >= 4 is 10.0 Å². The molecule has 0 bridgehead atoms. The fourth-order valence-corrected chi connectivity index (χ4v) is 3.89. The molecule has 21 heavy (non-hydrogen) atoms. The van der Waals surface area contributed by atoms with Gasteiger partial charge in [0.15, 0.2) is 0 Å². The number of aliphatic hydroxyl groups is 1. The monoisotopic (exact) mass is 317 g/mol. The van der Waals surface area contributed by atoms with Crippen LogP contribution in [-0.4, -0.2) is 32.3 Å². The Hall–Kier alpha value is -1.02. The lowest BCUT2D eigenvalue weighted by molar-refractivity contribution is 0.0173. The zero-order chi connectivity index (χ0) is 15.6. The summed E-state index contributed by atoms with van der Waals surface area (Å²) in [4.78, 5) is -0.0235. The van der Waals surface area contributed by atoms with E-state index in [4.69, 9.17) is 9.84 Å². The summed E-state index contributed by atoms with van der Waals surface area (Å²) in [6.45, 7) is 3.35. The molecule has 1 fully saturated rings. The van der Waals surface area contributed by atoms with Crippen LogP contribution in [0.15, 0.2) is 17.0 Å². The van der Waals surface area contributed by atoms with Gasteiger partial charge < -0.3 is 9.84 Å². The molecule has 0 saturated carbocycles. The van der Waals surface area contributed by atoms with Crippen molar-refractivity contribution in [2.45, 2.75) is 50.3 Å². The van der Waals surface area contributed by atoms with Gasteiger partial charge in [0.2, 0.25) is 10.0 Å². The van der Waals surface area contributed by atoms with Crippen molar-refractivity contribution in [2.24, 2.45) is 0 Å². The van der Waals surface area contributed by atoms with Crippen LogP contribution in [0.1, 0.15) is 30.9 Å². The minimum atomic E-state index is -3.74. The number of aliphatic hydroxyl groups excluding tert-OH is 1. The normalized spacial score (nSPS) is 23.2. The lowest BCUT2D eigenvalue weighted by Crippen LogP contribution is -2.41. The number of hydrogen-bond donors (Lipinski definition) is 2. The van der Waals surface area contributed by atoms with Gasteiger partial charge in [0, 0.05) is 18.2 Å². The zero-order valence-corrected chi connectivity index (χ0v) is 12.9. The van der Waals surface area contributed by atoms with E-state index in [9.17, 15) is 12.8 Å². The summed E-state index contributed by atoms with van der Waals surface area (Å²) in [5.41, 5.74) is 0.179. The number of hydrogen-bond acceptors (Lipinski definition) is 4. The van der Waals surface area contributed by atoms with E-state index in [0.29, 0.717) is 19.4 Å². The van der Waals surface area contributed by atoms with Crippen LogP contribution in [0.3, 0.4) is 0 Å². The zero-order valence-electron chi connectivity index (χ0n) is 12.1. The number of nitrogens with one attached hydrogen (secondary N) is 1. The highest BCUT2D eigenvalue weighted by molar-refractivity contribution is 7.89. The number of halogens is 1. The maximum atomic E-state index is 13.7. The smallest absolute Gasteiger partial charge is 0.240 e. The molecule has 5 nitrogen and oxygen atoms in total. The lowest BCUT2D eigenvalue weighted by Gasteiger charge is -2.27. The molecule has 1 heterocycles. The fraction of sp³-hybridized carbons (Fsp3) is 0.571. The second kappa shape index (κ2) is 6.39. The van der Waals surface area contributed by atoms with Gasteiger partial charge in [0.05, 0.1) is 17.6 Å². The molecular weight excluding hydrogens is 297 g/mol. The molecule has 0 aromatic heterocycles. The molecule has 1 aromatic carbocycles. The quantitative estimate of drug-likeness (QED) is 0.882. The molecule has 2 unspecified atom stereocenters. The third-order valence-corrected chi connectivity index (χ3v) is 5.09. The summed E-state index contributed by atoms with van der Waals surface area (Å²) in [6.07, 6.45) is 1.22. The molecule has 1 aliphatic rings. The molecule has 7 heteroatoms. The first-order chi connectivity index (χ1) is 9.83.